The van der Waals surface area contributed by atoms with Crippen LogP contribution >= 0.6 is 11.6 Å². The van der Waals surface area contributed by atoms with Gasteiger partial charge in [-0.25, -0.2) is 18.2 Å². The average Bonchev–Trinajstić information content (AvgIpc) is 2.89. The Morgan fingerprint density at radius 3 is 2.22 bits per heavy atom. The maximum absolute atomic E-state index is 11.3. The van der Waals surface area contributed by atoms with E-state index in [4.69, 9.17) is 16.7 Å². The molecular formula is C16H14ClN3O2S. The largest absolute Gasteiger partial charge is 0.238 e. The van der Waals surface area contributed by atoms with E-state index in [0.29, 0.717) is 10.7 Å². The number of nitrogens with two attached hydrogens (primary N) is 1. The van der Waals surface area contributed by atoms with Gasteiger partial charge in [0.1, 0.15) is 0 Å². The predicted octanol–water partition coefficient (Wildman–Crippen LogP) is 3.15. The molecule has 0 aliphatic rings. The molecular weight excluding hydrogens is 334 g/mol. The van der Waals surface area contributed by atoms with Crippen LogP contribution in [0.25, 0.3) is 16.9 Å². The van der Waals surface area contributed by atoms with Gasteiger partial charge in [-0.2, -0.15) is 5.10 Å². The minimum Gasteiger partial charge on any atom is -0.232 e. The second-order valence-corrected chi connectivity index (χ2v) is 7.13. The van der Waals surface area contributed by atoms with Crippen molar-refractivity contribution in [2.45, 2.75) is 11.8 Å². The van der Waals surface area contributed by atoms with E-state index in [-0.39, 0.29) is 4.90 Å². The summed E-state index contributed by atoms with van der Waals surface area (Å²) in [4.78, 5) is 0.0522. The van der Waals surface area contributed by atoms with Crippen molar-refractivity contribution in [3.63, 3.8) is 0 Å². The Morgan fingerprint density at radius 2 is 1.65 bits per heavy atom. The average molecular weight is 348 g/mol. The van der Waals surface area contributed by atoms with Gasteiger partial charge >= 0.3 is 0 Å². The van der Waals surface area contributed by atoms with Crippen molar-refractivity contribution in [3.05, 3.63) is 65.3 Å². The van der Waals surface area contributed by atoms with Gasteiger partial charge < -0.3 is 0 Å². The van der Waals surface area contributed by atoms with Crippen LogP contribution in [0.3, 0.4) is 0 Å². The maximum atomic E-state index is 11.3. The molecule has 3 aromatic rings. The topological polar surface area (TPSA) is 78.0 Å². The number of primary sulfonamides is 1. The first-order valence-electron chi connectivity index (χ1n) is 6.80. The number of aromatic nitrogens is 2. The molecule has 0 radical (unpaired) electrons. The molecule has 0 saturated heterocycles. The van der Waals surface area contributed by atoms with Gasteiger partial charge in [0.25, 0.3) is 0 Å². The van der Waals surface area contributed by atoms with Gasteiger partial charge in [0.2, 0.25) is 10.0 Å². The minimum atomic E-state index is -3.72. The van der Waals surface area contributed by atoms with Gasteiger partial charge in [-0.1, -0.05) is 41.4 Å². The number of aryl methyl sites for hydroxylation is 1. The Labute approximate surface area is 139 Å². The summed E-state index contributed by atoms with van der Waals surface area (Å²) in [7, 11) is -3.72. The van der Waals surface area contributed by atoms with Crippen LogP contribution in [0.4, 0.5) is 0 Å². The summed E-state index contributed by atoms with van der Waals surface area (Å²) >= 11 is 6.27. The standard InChI is InChI=1S/C16H14ClN3O2S/c1-11-2-4-12(5-3-11)16-15(17)10-19-20(16)13-6-8-14(9-7-13)23(18,21)22/h2-10H,1H3,(H2,18,21,22). The summed E-state index contributed by atoms with van der Waals surface area (Å²) in [6, 6.07) is 14.1. The van der Waals surface area contributed by atoms with Gasteiger partial charge in [-0.15, -0.1) is 0 Å². The highest BCUT2D eigenvalue weighted by Crippen LogP contribution is 2.30. The molecule has 2 aromatic carbocycles. The Kier molecular flexibility index (Phi) is 3.97. The highest BCUT2D eigenvalue weighted by atomic mass is 35.5. The van der Waals surface area contributed by atoms with Crippen LogP contribution in [0.15, 0.2) is 59.6 Å². The molecule has 0 spiro atoms. The van der Waals surface area contributed by atoms with Crippen LogP contribution in [0.5, 0.6) is 0 Å². The van der Waals surface area contributed by atoms with Crippen molar-refractivity contribution in [1.82, 2.24) is 9.78 Å². The fourth-order valence-corrected chi connectivity index (χ4v) is 3.02. The van der Waals surface area contributed by atoms with E-state index >= 15 is 0 Å². The van der Waals surface area contributed by atoms with Crippen molar-refractivity contribution in [2.24, 2.45) is 5.14 Å². The molecule has 0 fully saturated rings. The number of nitrogens with zero attached hydrogens (tertiary/aromatic N) is 2. The van der Waals surface area contributed by atoms with Crippen molar-refractivity contribution in [1.29, 1.82) is 0 Å². The fraction of sp³-hybridized carbons (Fsp3) is 0.0625. The third kappa shape index (κ3) is 3.14. The first-order valence-corrected chi connectivity index (χ1v) is 8.72. The molecule has 0 aliphatic heterocycles. The Bertz CT molecular complexity index is 946. The normalized spacial score (nSPS) is 11.6. The molecule has 0 aliphatic carbocycles. The zero-order valence-electron chi connectivity index (χ0n) is 12.3. The second-order valence-electron chi connectivity index (χ2n) is 5.16. The van der Waals surface area contributed by atoms with Gasteiger partial charge in [0.15, 0.2) is 0 Å². The lowest BCUT2D eigenvalue weighted by atomic mass is 10.1. The van der Waals surface area contributed by atoms with Gasteiger partial charge in [0, 0.05) is 5.56 Å². The van der Waals surface area contributed by atoms with E-state index in [1.54, 1.807) is 23.0 Å². The van der Waals surface area contributed by atoms with Crippen LogP contribution in [-0.2, 0) is 10.0 Å². The number of sulfonamides is 1. The number of rotatable bonds is 3. The molecule has 1 heterocycles. The lowest BCUT2D eigenvalue weighted by molar-refractivity contribution is 0.598. The first kappa shape index (κ1) is 15.7. The lowest BCUT2D eigenvalue weighted by Crippen LogP contribution is -2.12. The fourth-order valence-electron chi connectivity index (χ4n) is 2.27. The predicted molar refractivity (Wildman–Crippen MR) is 90.1 cm³/mol. The number of halogens is 1. The Balaban J connectivity index is 2.10. The first-order chi connectivity index (χ1) is 10.9. The van der Waals surface area contributed by atoms with E-state index < -0.39 is 10.0 Å². The minimum absolute atomic E-state index is 0.0522. The van der Waals surface area contributed by atoms with Crippen LogP contribution < -0.4 is 5.14 Å². The molecule has 1 aromatic heterocycles. The van der Waals surface area contributed by atoms with Crippen molar-refractivity contribution in [3.8, 4) is 16.9 Å². The molecule has 0 bridgehead atoms. The number of hydrogen-bond acceptors (Lipinski definition) is 3. The van der Waals surface area contributed by atoms with E-state index in [2.05, 4.69) is 5.10 Å². The molecule has 2 N–H and O–H groups in total. The SMILES string of the molecule is Cc1ccc(-c2c(Cl)cnn2-c2ccc(S(N)(=O)=O)cc2)cc1. The molecule has 0 atom stereocenters. The second kappa shape index (κ2) is 5.81. The van der Waals surface area contributed by atoms with Crippen molar-refractivity contribution < 1.29 is 8.42 Å². The molecule has 3 rings (SSSR count). The van der Waals surface area contributed by atoms with E-state index in [1.165, 1.54) is 12.1 Å². The van der Waals surface area contributed by atoms with Crippen molar-refractivity contribution in [2.75, 3.05) is 0 Å². The molecule has 0 unspecified atom stereocenters. The summed E-state index contributed by atoms with van der Waals surface area (Å²) in [6.07, 6.45) is 1.56. The molecule has 0 saturated carbocycles. The molecule has 7 heteroatoms. The van der Waals surface area contributed by atoms with E-state index in [0.717, 1.165) is 16.8 Å². The highest BCUT2D eigenvalue weighted by Gasteiger charge is 2.14. The van der Waals surface area contributed by atoms with Crippen LogP contribution in [0.1, 0.15) is 5.56 Å². The zero-order chi connectivity index (χ0) is 16.6. The van der Waals surface area contributed by atoms with Gasteiger partial charge in [-0.3, -0.25) is 0 Å². The Morgan fingerprint density at radius 1 is 1.04 bits per heavy atom. The van der Waals surface area contributed by atoms with Gasteiger partial charge in [0.05, 0.1) is 27.5 Å². The molecule has 5 nitrogen and oxygen atoms in total. The van der Waals surface area contributed by atoms with Crippen LogP contribution in [0.2, 0.25) is 5.02 Å². The molecule has 23 heavy (non-hydrogen) atoms. The number of hydrogen-bond donors (Lipinski definition) is 1. The van der Waals surface area contributed by atoms with Crippen LogP contribution in [0, 0.1) is 6.92 Å². The quantitative estimate of drug-likeness (QED) is 0.790. The third-order valence-electron chi connectivity index (χ3n) is 3.46. The zero-order valence-corrected chi connectivity index (χ0v) is 13.8. The lowest BCUT2D eigenvalue weighted by Gasteiger charge is -2.09. The summed E-state index contributed by atoms with van der Waals surface area (Å²) in [5.41, 5.74) is 3.51. The van der Waals surface area contributed by atoms with Crippen molar-refractivity contribution >= 4 is 21.6 Å². The van der Waals surface area contributed by atoms with Crippen LogP contribution in [-0.4, -0.2) is 18.2 Å². The highest BCUT2D eigenvalue weighted by molar-refractivity contribution is 7.89. The summed E-state index contributed by atoms with van der Waals surface area (Å²) in [6.45, 7) is 2.01. The molecule has 0 amide bonds. The molecule has 118 valence electrons. The van der Waals surface area contributed by atoms with E-state index in [1.807, 2.05) is 31.2 Å². The maximum Gasteiger partial charge on any atom is 0.238 e. The smallest absolute Gasteiger partial charge is 0.232 e. The summed E-state index contributed by atoms with van der Waals surface area (Å²) in [5, 5.41) is 9.91. The number of benzene rings is 2. The van der Waals surface area contributed by atoms with Gasteiger partial charge in [-0.05, 0) is 31.2 Å². The third-order valence-corrected chi connectivity index (χ3v) is 4.67. The Hall–Kier alpha value is -2.15. The monoisotopic (exact) mass is 347 g/mol. The van der Waals surface area contributed by atoms with E-state index in [9.17, 15) is 8.42 Å². The summed E-state index contributed by atoms with van der Waals surface area (Å²) in [5.74, 6) is 0. The summed E-state index contributed by atoms with van der Waals surface area (Å²) < 4.78 is 24.3.